The molecule has 0 saturated carbocycles. The average molecular weight is 110 g/mol. The molecule has 1 aliphatic rings. The lowest BCUT2D eigenvalue weighted by atomic mass is 10.5. The van der Waals surface area contributed by atoms with Crippen molar-refractivity contribution in [3.63, 3.8) is 0 Å². The number of rotatable bonds is 1. The van der Waals surface area contributed by atoms with Gasteiger partial charge in [0.05, 0.1) is 6.34 Å². The summed E-state index contributed by atoms with van der Waals surface area (Å²) in [7, 11) is 0. The van der Waals surface area contributed by atoms with Crippen molar-refractivity contribution in [3.05, 3.63) is 12.3 Å². The zero-order valence-electron chi connectivity index (χ0n) is 5.04. The van der Waals surface area contributed by atoms with Crippen LogP contribution in [0.3, 0.4) is 0 Å². The van der Waals surface area contributed by atoms with Gasteiger partial charge in [-0.15, -0.1) is 0 Å². The van der Waals surface area contributed by atoms with Crippen molar-refractivity contribution in [2.75, 3.05) is 13.1 Å². The highest BCUT2D eigenvalue weighted by atomic mass is 15.1. The molecular formula is C6H10N2. The first-order valence-electron chi connectivity index (χ1n) is 2.86. The molecule has 0 amide bonds. The molecule has 0 saturated heterocycles. The van der Waals surface area contributed by atoms with Crippen LogP contribution in [0.1, 0.15) is 6.92 Å². The van der Waals surface area contributed by atoms with E-state index in [-0.39, 0.29) is 0 Å². The maximum absolute atomic E-state index is 3.95. The maximum Gasteiger partial charge on any atom is 0.0907 e. The summed E-state index contributed by atoms with van der Waals surface area (Å²) in [5.41, 5.74) is 0. The molecule has 0 fully saturated rings. The lowest BCUT2D eigenvalue weighted by Gasteiger charge is -2.15. The predicted molar refractivity (Wildman–Crippen MR) is 34.9 cm³/mol. The lowest BCUT2D eigenvalue weighted by molar-refractivity contribution is 0.497. The van der Waals surface area contributed by atoms with Gasteiger partial charge in [-0.05, 0) is 13.0 Å². The lowest BCUT2D eigenvalue weighted by Crippen LogP contribution is -2.22. The Morgan fingerprint density at radius 3 is 3.00 bits per heavy atom. The van der Waals surface area contributed by atoms with Gasteiger partial charge in [0, 0.05) is 19.3 Å². The molecular weight excluding hydrogens is 100 g/mol. The molecule has 0 aromatic carbocycles. The molecule has 1 heterocycles. The second-order valence-electron chi connectivity index (χ2n) is 1.74. The standard InChI is InChI=1S/C6H10N2/c1-2-8-5-3-4-7-6-8/h3-4,6H,2,5H2,1H3. The number of hydrogen-bond acceptors (Lipinski definition) is 2. The second-order valence-corrected chi connectivity index (χ2v) is 1.74. The Morgan fingerprint density at radius 2 is 2.62 bits per heavy atom. The molecule has 0 unspecified atom stereocenters. The molecule has 0 aromatic heterocycles. The average Bonchev–Trinajstić information content (AvgIpc) is 1.90. The summed E-state index contributed by atoms with van der Waals surface area (Å²) >= 11 is 0. The number of likely N-dealkylation sites (N-methyl/N-ethyl adjacent to an activating group) is 1. The van der Waals surface area contributed by atoms with Crippen LogP contribution in [0.2, 0.25) is 0 Å². The monoisotopic (exact) mass is 110 g/mol. The van der Waals surface area contributed by atoms with Crippen LogP contribution in [0.5, 0.6) is 0 Å². The Morgan fingerprint density at radius 1 is 1.75 bits per heavy atom. The minimum Gasteiger partial charge on any atom is -0.359 e. The van der Waals surface area contributed by atoms with E-state index in [0.717, 1.165) is 13.1 Å². The zero-order chi connectivity index (χ0) is 5.82. The third-order valence-electron chi connectivity index (χ3n) is 1.17. The third kappa shape index (κ3) is 1.09. The highest BCUT2D eigenvalue weighted by Crippen LogP contribution is 1.90. The summed E-state index contributed by atoms with van der Waals surface area (Å²) in [6, 6.07) is 0. The van der Waals surface area contributed by atoms with Gasteiger partial charge in [0.15, 0.2) is 0 Å². The van der Waals surface area contributed by atoms with E-state index in [1.807, 2.05) is 18.6 Å². The molecule has 0 N–H and O–H groups in total. The smallest absolute Gasteiger partial charge is 0.0907 e. The number of hydrogen-bond donors (Lipinski definition) is 0. The van der Waals surface area contributed by atoms with Crippen LogP contribution in [0.25, 0.3) is 0 Å². The Bertz CT molecular complexity index is 116. The van der Waals surface area contributed by atoms with Crippen LogP contribution in [-0.4, -0.2) is 24.3 Å². The Kier molecular flexibility index (Phi) is 1.67. The number of aliphatic imine (C=N–C) groups is 1. The molecule has 0 spiro atoms. The summed E-state index contributed by atoms with van der Waals surface area (Å²) in [5.74, 6) is 0. The van der Waals surface area contributed by atoms with Crippen molar-refractivity contribution in [3.8, 4) is 0 Å². The summed E-state index contributed by atoms with van der Waals surface area (Å²) < 4.78 is 0. The SMILES string of the molecule is CCN1C=NC=CC1. The summed E-state index contributed by atoms with van der Waals surface area (Å²) in [5, 5.41) is 0. The van der Waals surface area contributed by atoms with Crippen molar-refractivity contribution in [2.45, 2.75) is 6.92 Å². The summed E-state index contributed by atoms with van der Waals surface area (Å²) in [6.07, 6.45) is 5.73. The first kappa shape index (κ1) is 5.35. The zero-order valence-corrected chi connectivity index (χ0v) is 5.04. The highest BCUT2D eigenvalue weighted by molar-refractivity contribution is 5.57. The van der Waals surface area contributed by atoms with E-state index in [9.17, 15) is 0 Å². The van der Waals surface area contributed by atoms with Crippen LogP contribution >= 0.6 is 0 Å². The van der Waals surface area contributed by atoms with Crippen molar-refractivity contribution in [1.82, 2.24) is 4.90 Å². The minimum atomic E-state index is 1.01. The summed E-state index contributed by atoms with van der Waals surface area (Å²) in [4.78, 5) is 6.09. The second kappa shape index (κ2) is 2.50. The molecule has 1 aliphatic heterocycles. The molecule has 8 heavy (non-hydrogen) atoms. The van der Waals surface area contributed by atoms with Crippen LogP contribution < -0.4 is 0 Å². The van der Waals surface area contributed by atoms with Gasteiger partial charge in [0.2, 0.25) is 0 Å². The summed E-state index contributed by atoms with van der Waals surface area (Å²) in [6.45, 7) is 4.18. The molecule has 0 radical (unpaired) electrons. The number of nitrogens with zero attached hydrogens (tertiary/aromatic N) is 2. The van der Waals surface area contributed by atoms with E-state index in [1.165, 1.54) is 0 Å². The predicted octanol–water partition coefficient (Wildman–Crippen LogP) is 0.864. The normalized spacial score (nSPS) is 17.4. The molecule has 2 heteroatoms. The van der Waals surface area contributed by atoms with Gasteiger partial charge < -0.3 is 4.90 Å². The van der Waals surface area contributed by atoms with E-state index < -0.39 is 0 Å². The first-order chi connectivity index (χ1) is 3.93. The molecule has 1 rings (SSSR count). The van der Waals surface area contributed by atoms with E-state index in [2.05, 4.69) is 16.8 Å². The first-order valence-corrected chi connectivity index (χ1v) is 2.86. The fourth-order valence-electron chi connectivity index (χ4n) is 0.634. The maximum atomic E-state index is 3.95. The van der Waals surface area contributed by atoms with E-state index in [1.54, 1.807) is 0 Å². The van der Waals surface area contributed by atoms with Gasteiger partial charge in [0.25, 0.3) is 0 Å². The van der Waals surface area contributed by atoms with Crippen LogP contribution in [0.4, 0.5) is 0 Å². The third-order valence-corrected chi connectivity index (χ3v) is 1.17. The van der Waals surface area contributed by atoms with E-state index in [0.29, 0.717) is 0 Å². The van der Waals surface area contributed by atoms with Gasteiger partial charge in [-0.3, -0.25) is 0 Å². The van der Waals surface area contributed by atoms with Gasteiger partial charge >= 0.3 is 0 Å². The van der Waals surface area contributed by atoms with Gasteiger partial charge in [-0.25, -0.2) is 4.99 Å². The molecule has 0 bridgehead atoms. The largest absolute Gasteiger partial charge is 0.359 e. The van der Waals surface area contributed by atoms with Gasteiger partial charge in [0.1, 0.15) is 0 Å². The Labute approximate surface area is 49.5 Å². The Hall–Kier alpha value is -0.790. The minimum absolute atomic E-state index is 1.01. The fraction of sp³-hybridized carbons (Fsp3) is 0.500. The van der Waals surface area contributed by atoms with Crippen molar-refractivity contribution in [2.24, 2.45) is 4.99 Å². The molecule has 44 valence electrons. The van der Waals surface area contributed by atoms with Crippen LogP contribution in [0.15, 0.2) is 17.3 Å². The van der Waals surface area contributed by atoms with E-state index >= 15 is 0 Å². The highest BCUT2D eigenvalue weighted by Gasteiger charge is 1.93. The van der Waals surface area contributed by atoms with Gasteiger partial charge in [-0.1, -0.05) is 0 Å². The molecule has 0 aromatic rings. The van der Waals surface area contributed by atoms with Crippen LogP contribution in [-0.2, 0) is 0 Å². The molecule has 2 nitrogen and oxygen atoms in total. The molecule has 0 atom stereocenters. The topological polar surface area (TPSA) is 15.6 Å². The fourth-order valence-corrected chi connectivity index (χ4v) is 0.634. The van der Waals surface area contributed by atoms with E-state index in [4.69, 9.17) is 0 Å². The van der Waals surface area contributed by atoms with Crippen LogP contribution in [0, 0.1) is 0 Å². The Balaban J connectivity index is 2.40. The van der Waals surface area contributed by atoms with Crippen molar-refractivity contribution in [1.29, 1.82) is 0 Å². The van der Waals surface area contributed by atoms with Crippen molar-refractivity contribution < 1.29 is 0 Å². The van der Waals surface area contributed by atoms with Gasteiger partial charge in [-0.2, -0.15) is 0 Å². The van der Waals surface area contributed by atoms with Crippen molar-refractivity contribution >= 4 is 6.34 Å². The molecule has 0 aliphatic carbocycles. The quantitative estimate of drug-likeness (QED) is 0.489.